The van der Waals surface area contributed by atoms with E-state index >= 15 is 0 Å². The van der Waals surface area contributed by atoms with Crippen molar-refractivity contribution in [2.24, 2.45) is 0 Å². The van der Waals surface area contributed by atoms with Gasteiger partial charge < -0.3 is 5.32 Å². The Kier molecular flexibility index (Phi) is 4.33. The van der Waals surface area contributed by atoms with E-state index in [9.17, 15) is 4.79 Å². The van der Waals surface area contributed by atoms with Crippen LogP contribution in [0.1, 0.15) is 0 Å². The summed E-state index contributed by atoms with van der Waals surface area (Å²) in [7, 11) is 0. The molecule has 1 N–H and O–H groups in total. The molecule has 5 heteroatoms. The normalized spacial score (nSPS) is 22.8. The molecule has 66 valence electrons. The highest BCUT2D eigenvalue weighted by Gasteiger charge is 2.21. The molecule has 0 saturated carbocycles. The lowest BCUT2D eigenvalue weighted by Gasteiger charge is -2.19. The van der Waals surface area contributed by atoms with E-state index in [-0.39, 0.29) is 17.7 Å². The van der Waals surface area contributed by atoms with E-state index in [1.807, 2.05) is 6.07 Å². The maximum Gasteiger partial charge on any atom is 0.234 e. The molecule has 0 aromatic carbocycles. The first-order chi connectivity index (χ1) is 5.84. The molecule has 1 atom stereocenters. The Bertz CT molecular complexity index is 196. The second-order valence-corrected chi connectivity index (χ2v) is 4.77. The van der Waals surface area contributed by atoms with Crippen molar-refractivity contribution in [3.63, 3.8) is 0 Å². The molecular formula is C7H10N2OS2. The van der Waals surface area contributed by atoms with E-state index in [0.29, 0.717) is 0 Å². The van der Waals surface area contributed by atoms with Gasteiger partial charge in [-0.15, -0.1) is 11.8 Å². The number of rotatable bonds is 2. The monoisotopic (exact) mass is 202 g/mol. The van der Waals surface area contributed by atoms with Crippen molar-refractivity contribution in [1.82, 2.24) is 5.32 Å². The highest BCUT2D eigenvalue weighted by Crippen LogP contribution is 2.23. The van der Waals surface area contributed by atoms with Crippen LogP contribution in [0.15, 0.2) is 0 Å². The number of nitrogens with zero attached hydrogens (tertiary/aromatic N) is 1. The maximum absolute atomic E-state index is 11.3. The number of thioether (sulfide) groups is 2. The number of carbonyl (C=O) groups excluding carboxylic acids is 1. The van der Waals surface area contributed by atoms with Crippen LogP contribution < -0.4 is 5.32 Å². The predicted octanol–water partition coefficient (Wildman–Crippen LogP) is 0.475. The molecule has 1 aliphatic rings. The third-order valence-electron chi connectivity index (χ3n) is 1.45. The molecule has 1 heterocycles. The van der Waals surface area contributed by atoms with Crippen LogP contribution in [0.3, 0.4) is 0 Å². The lowest BCUT2D eigenvalue weighted by atomic mass is 10.4. The Morgan fingerprint density at radius 3 is 3.08 bits per heavy atom. The van der Waals surface area contributed by atoms with E-state index in [1.165, 1.54) is 0 Å². The second kappa shape index (κ2) is 5.33. The molecule has 0 radical (unpaired) electrons. The van der Waals surface area contributed by atoms with Crippen LogP contribution in [0, 0.1) is 11.3 Å². The van der Waals surface area contributed by atoms with Gasteiger partial charge in [-0.3, -0.25) is 4.79 Å². The van der Waals surface area contributed by atoms with Gasteiger partial charge in [0.05, 0.1) is 11.3 Å². The van der Waals surface area contributed by atoms with Crippen LogP contribution in [-0.2, 0) is 4.79 Å². The Morgan fingerprint density at radius 2 is 2.50 bits per heavy atom. The number of nitriles is 1. The van der Waals surface area contributed by atoms with Gasteiger partial charge >= 0.3 is 0 Å². The standard InChI is InChI=1S/C7H10N2OS2/c8-1-2-9-7(10)6-5-11-3-4-12-6/h6H,2-5H2,(H,9,10). The van der Waals surface area contributed by atoms with Crippen molar-refractivity contribution in [1.29, 1.82) is 5.26 Å². The Balaban J connectivity index is 2.26. The van der Waals surface area contributed by atoms with Crippen LogP contribution in [0.4, 0.5) is 0 Å². The number of carbonyl (C=O) groups is 1. The summed E-state index contributed by atoms with van der Waals surface area (Å²) in [5.41, 5.74) is 0. The molecule has 1 aliphatic heterocycles. The van der Waals surface area contributed by atoms with Gasteiger partial charge in [0.25, 0.3) is 0 Å². The summed E-state index contributed by atoms with van der Waals surface area (Å²) in [6, 6.07) is 1.89. The molecule has 0 aliphatic carbocycles. The molecule has 0 spiro atoms. The fourth-order valence-electron chi connectivity index (χ4n) is 0.880. The zero-order valence-electron chi connectivity index (χ0n) is 6.58. The third kappa shape index (κ3) is 2.95. The quantitative estimate of drug-likeness (QED) is 0.662. The average Bonchev–Trinajstić information content (AvgIpc) is 2.15. The summed E-state index contributed by atoms with van der Waals surface area (Å²) >= 11 is 3.48. The van der Waals surface area contributed by atoms with Gasteiger partial charge in [-0.05, 0) is 0 Å². The molecule has 1 saturated heterocycles. The Hall–Kier alpha value is -0.340. The molecule has 1 rings (SSSR count). The zero-order chi connectivity index (χ0) is 8.81. The van der Waals surface area contributed by atoms with Gasteiger partial charge in [-0.2, -0.15) is 17.0 Å². The molecule has 1 fully saturated rings. The van der Waals surface area contributed by atoms with Crippen molar-refractivity contribution < 1.29 is 4.79 Å². The highest BCUT2D eigenvalue weighted by atomic mass is 32.2. The largest absolute Gasteiger partial charge is 0.342 e. The Morgan fingerprint density at radius 1 is 1.67 bits per heavy atom. The van der Waals surface area contributed by atoms with Gasteiger partial charge in [0, 0.05) is 17.3 Å². The molecule has 12 heavy (non-hydrogen) atoms. The predicted molar refractivity (Wildman–Crippen MR) is 52.2 cm³/mol. The van der Waals surface area contributed by atoms with Crippen molar-refractivity contribution in [3.8, 4) is 6.07 Å². The van der Waals surface area contributed by atoms with Crippen molar-refractivity contribution in [2.75, 3.05) is 23.8 Å². The van der Waals surface area contributed by atoms with Crippen LogP contribution >= 0.6 is 23.5 Å². The third-order valence-corrected chi connectivity index (χ3v) is 4.20. The zero-order valence-corrected chi connectivity index (χ0v) is 8.21. The van der Waals surface area contributed by atoms with Crippen LogP contribution in [0.2, 0.25) is 0 Å². The summed E-state index contributed by atoms with van der Waals surface area (Å²) in [6.45, 7) is 0.126. The van der Waals surface area contributed by atoms with Crippen molar-refractivity contribution in [2.45, 2.75) is 5.25 Å². The van der Waals surface area contributed by atoms with E-state index in [4.69, 9.17) is 5.26 Å². The molecule has 1 unspecified atom stereocenters. The Labute approximate surface area is 80.3 Å². The summed E-state index contributed by atoms with van der Waals surface area (Å²) in [5, 5.41) is 10.9. The number of amides is 1. The SMILES string of the molecule is N#CCNC(=O)C1CSCCS1. The molecule has 0 bridgehead atoms. The van der Waals surface area contributed by atoms with E-state index < -0.39 is 0 Å². The van der Waals surface area contributed by atoms with Crippen LogP contribution in [0.5, 0.6) is 0 Å². The first-order valence-corrected chi connectivity index (χ1v) is 5.89. The molecule has 3 nitrogen and oxygen atoms in total. The summed E-state index contributed by atoms with van der Waals surface area (Å²) in [6.07, 6.45) is 0. The van der Waals surface area contributed by atoms with Gasteiger partial charge in [0.1, 0.15) is 6.54 Å². The summed E-state index contributed by atoms with van der Waals surface area (Å²) < 4.78 is 0. The van der Waals surface area contributed by atoms with E-state index in [1.54, 1.807) is 23.5 Å². The fourth-order valence-corrected chi connectivity index (χ4v) is 3.46. The average molecular weight is 202 g/mol. The molecule has 0 aromatic heterocycles. The first kappa shape index (κ1) is 9.75. The highest BCUT2D eigenvalue weighted by molar-refractivity contribution is 8.07. The van der Waals surface area contributed by atoms with Crippen molar-refractivity contribution >= 4 is 29.4 Å². The number of hydrogen-bond acceptors (Lipinski definition) is 4. The number of hydrogen-bond donors (Lipinski definition) is 1. The van der Waals surface area contributed by atoms with Crippen molar-refractivity contribution in [3.05, 3.63) is 0 Å². The minimum absolute atomic E-state index is 0.00810. The topological polar surface area (TPSA) is 52.9 Å². The lowest BCUT2D eigenvalue weighted by Crippen LogP contribution is -2.36. The minimum atomic E-state index is 0.00810. The fraction of sp³-hybridized carbons (Fsp3) is 0.714. The summed E-state index contributed by atoms with van der Waals surface area (Å²) in [5.74, 6) is 3.05. The second-order valence-electron chi connectivity index (χ2n) is 2.31. The smallest absolute Gasteiger partial charge is 0.234 e. The van der Waals surface area contributed by atoms with E-state index in [2.05, 4.69) is 5.32 Å². The van der Waals surface area contributed by atoms with Gasteiger partial charge in [0.15, 0.2) is 0 Å². The lowest BCUT2D eigenvalue weighted by molar-refractivity contribution is -0.119. The maximum atomic E-state index is 11.3. The van der Waals surface area contributed by atoms with E-state index in [0.717, 1.165) is 17.3 Å². The van der Waals surface area contributed by atoms with Gasteiger partial charge in [-0.25, -0.2) is 0 Å². The molecular weight excluding hydrogens is 192 g/mol. The molecule has 1 amide bonds. The van der Waals surface area contributed by atoms with Crippen LogP contribution in [0.25, 0.3) is 0 Å². The van der Waals surface area contributed by atoms with Crippen LogP contribution in [-0.4, -0.2) is 35.0 Å². The minimum Gasteiger partial charge on any atom is -0.342 e. The first-order valence-electron chi connectivity index (χ1n) is 3.68. The van der Waals surface area contributed by atoms with Gasteiger partial charge in [0.2, 0.25) is 5.91 Å². The summed E-state index contributed by atoms with van der Waals surface area (Å²) in [4.78, 5) is 11.3. The number of nitrogens with one attached hydrogen (secondary N) is 1. The molecule has 0 aromatic rings. The van der Waals surface area contributed by atoms with Gasteiger partial charge in [-0.1, -0.05) is 0 Å².